The minimum atomic E-state index is 0.0409. The molecular formula is C17H22N2O2. The number of carbonyl (C=O) groups is 1. The van der Waals surface area contributed by atoms with Gasteiger partial charge in [-0.3, -0.25) is 10.2 Å². The number of benzene rings is 1. The van der Waals surface area contributed by atoms with Crippen LogP contribution in [-0.2, 0) is 17.6 Å². The monoisotopic (exact) mass is 286 g/mol. The van der Waals surface area contributed by atoms with E-state index in [1.165, 1.54) is 12.0 Å². The molecule has 0 unspecified atom stereocenters. The van der Waals surface area contributed by atoms with E-state index in [2.05, 4.69) is 30.5 Å². The van der Waals surface area contributed by atoms with Crippen LogP contribution in [0.15, 0.2) is 28.9 Å². The van der Waals surface area contributed by atoms with Crippen molar-refractivity contribution in [3.05, 3.63) is 35.6 Å². The molecular weight excluding hydrogens is 264 g/mol. The summed E-state index contributed by atoms with van der Waals surface area (Å²) in [6.45, 7) is 4.03. The Kier molecular flexibility index (Phi) is 4.25. The van der Waals surface area contributed by atoms with Crippen LogP contribution in [0.3, 0.4) is 0 Å². The molecule has 1 aliphatic rings. The Morgan fingerprint density at radius 3 is 2.86 bits per heavy atom. The number of hydrogen-bond donors (Lipinski definition) is 1. The number of amides is 1. The lowest BCUT2D eigenvalue weighted by Crippen LogP contribution is -2.45. The van der Waals surface area contributed by atoms with Crippen LogP contribution in [0.4, 0.5) is 0 Å². The molecule has 1 fully saturated rings. The van der Waals surface area contributed by atoms with Crippen molar-refractivity contribution in [1.29, 1.82) is 0 Å². The molecule has 0 saturated carbocycles. The Hall–Kier alpha value is -1.81. The molecule has 1 aliphatic heterocycles. The van der Waals surface area contributed by atoms with Crippen LogP contribution in [0.1, 0.15) is 37.3 Å². The number of carbonyl (C=O) groups excluding carboxylic acids is 1. The van der Waals surface area contributed by atoms with Gasteiger partial charge in [-0.25, -0.2) is 5.01 Å². The summed E-state index contributed by atoms with van der Waals surface area (Å²) in [6.07, 6.45) is 6.65. The minimum Gasteiger partial charge on any atom is -0.464 e. The lowest BCUT2D eigenvalue weighted by Gasteiger charge is -2.26. The van der Waals surface area contributed by atoms with Gasteiger partial charge in [0.2, 0.25) is 5.91 Å². The smallest absolute Gasteiger partial charge is 0.238 e. The van der Waals surface area contributed by atoms with E-state index in [1.807, 2.05) is 5.01 Å². The van der Waals surface area contributed by atoms with Gasteiger partial charge < -0.3 is 4.42 Å². The summed E-state index contributed by atoms with van der Waals surface area (Å²) in [5.41, 5.74) is 6.08. The first kappa shape index (κ1) is 14.1. The second-order valence-corrected chi connectivity index (χ2v) is 5.70. The standard InChI is InChI=1S/C17H22N2O2/c1-2-13-6-7-15-14(12-21-16(15)10-13)11-17(20)18-19-8-4-3-5-9-19/h6-7,10,12H,2-5,8-9,11H2,1H3,(H,18,20). The van der Waals surface area contributed by atoms with Gasteiger partial charge in [-0.05, 0) is 30.9 Å². The van der Waals surface area contributed by atoms with Gasteiger partial charge in [-0.1, -0.05) is 25.5 Å². The van der Waals surface area contributed by atoms with Gasteiger partial charge in [0, 0.05) is 24.0 Å². The van der Waals surface area contributed by atoms with Gasteiger partial charge >= 0.3 is 0 Å². The minimum absolute atomic E-state index is 0.0409. The molecule has 4 heteroatoms. The maximum Gasteiger partial charge on any atom is 0.238 e. The summed E-state index contributed by atoms with van der Waals surface area (Å²) in [6, 6.07) is 6.21. The molecule has 2 aromatic rings. The summed E-state index contributed by atoms with van der Waals surface area (Å²) in [5, 5.41) is 3.07. The number of rotatable bonds is 4. The SMILES string of the molecule is CCc1ccc2c(CC(=O)NN3CCCCC3)coc2c1. The van der Waals surface area contributed by atoms with E-state index in [-0.39, 0.29) is 5.91 Å². The molecule has 3 rings (SSSR count). The fourth-order valence-electron chi connectivity index (χ4n) is 2.88. The number of aryl methyl sites for hydroxylation is 1. The number of piperidine rings is 1. The van der Waals surface area contributed by atoms with E-state index < -0.39 is 0 Å². The molecule has 1 saturated heterocycles. The van der Waals surface area contributed by atoms with Crippen LogP contribution in [0, 0.1) is 0 Å². The predicted octanol–water partition coefficient (Wildman–Crippen LogP) is 3.05. The first-order valence-corrected chi connectivity index (χ1v) is 7.79. The van der Waals surface area contributed by atoms with Crippen molar-refractivity contribution in [1.82, 2.24) is 10.4 Å². The normalized spacial score (nSPS) is 16.2. The van der Waals surface area contributed by atoms with Gasteiger partial charge in [0.25, 0.3) is 0 Å². The zero-order valence-electron chi connectivity index (χ0n) is 12.5. The number of nitrogens with one attached hydrogen (secondary N) is 1. The Morgan fingerprint density at radius 2 is 2.10 bits per heavy atom. The fraction of sp³-hybridized carbons (Fsp3) is 0.471. The highest BCUT2D eigenvalue weighted by Gasteiger charge is 2.15. The van der Waals surface area contributed by atoms with E-state index in [9.17, 15) is 4.79 Å². The van der Waals surface area contributed by atoms with Crippen LogP contribution in [0.25, 0.3) is 11.0 Å². The van der Waals surface area contributed by atoms with Crippen molar-refractivity contribution < 1.29 is 9.21 Å². The molecule has 0 spiro atoms. The van der Waals surface area contributed by atoms with Crippen molar-refractivity contribution in [2.45, 2.75) is 39.0 Å². The third-order valence-corrected chi connectivity index (χ3v) is 4.12. The highest BCUT2D eigenvalue weighted by molar-refractivity contribution is 5.87. The zero-order valence-corrected chi connectivity index (χ0v) is 12.5. The summed E-state index contributed by atoms with van der Waals surface area (Å²) >= 11 is 0. The van der Waals surface area contributed by atoms with E-state index in [0.29, 0.717) is 6.42 Å². The number of hydrogen-bond acceptors (Lipinski definition) is 3. The van der Waals surface area contributed by atoms with Crippen molar-refractivity contribution >= 4 is 16.9 Å². The van der Waals surface area contributed by atoms with Gasteiger partial charge in [-0.15, -0.1) is 0 Å². The van der Waals surface area contributed by atoms with E-state index >= 15 is 0 Å². The molecule has 21 heavy (non-hydrogen) atoms. The Bertz CT molecular complexity index is 627. The summed E-state index contributed by atoms with van der Waals surface area (Å²) < 4.78 is 5.59. The van der Waals surface area contributed by atoms with E-state index in [1.54, 1.807) is 6.26 Å². The lowest BCUT2D eigenvalue weighted by molar-refractivity contribution is -0.125. The predicted molar refractivity (Wildman–Crippen MR) is 82.9 cm³/mol. The molecule has 112 valence electrons. The average molecular weight is 286 g/mol. The number of hydrazine groups is 1. The highest BCUT2D eigenvalue weighted by atomic mass is 16.3. The van der Waals surface area contributed by atoms with Gasteiger partial charge in [0.1, 0.15) is 5.58 Å². The lowest BCUT2D eigenvalue weighted by atomic mass is 10.1. The summed E-state index contributed by atoms with van der Waals surface area (Å²) in [4.78, 5) is 12.2. The van der Waals surface area contributed by atoms with Crippen LogP contribution >= 0.6 is 0 Å². The Morgan fingerprint density at radius 1 is 1.29 bits per heavy atom. The maximum atomic E-state index is 12.2. The largest absolute Gasteiger partial charge is 0.464 e. The van der Waals surface area contributed by atoms with Crippen molar-refractivity contribution in [2.75, 3.05) is 13.1 Å². The quantitative estimate of drug-likeness (QED) is 0.939. The number of fused-ring (bicyclic) bond motifs is 1. The van der Waals surface area contributed by atoms with E-state index in [0.717, 1.165) is 48.9 Å². The molecule has 1 aromatic heterocycles. The van der Waals surface area contributed by atoms with Crippen LogP contribution in [0.2, 0.25) is 0 Å². The zero-order chi connectivity index (χ0) is 14.7. The van der Waals surface area contributed by atoms with Gasteiger partial charge in [0.05, 0.1) is 12.7 Å². The molecule has 1 N–H and O–H groups in total. The topological polar surface area (TPSA) is 45.5 Å². The molecule has 0 radical (unpaired) electrons. The van der Waals surface area contributed by atoms with Crippen molar-refractivity contribution in [3.8, 4) is 0 Å². The molecule has 2 heterocycles. The Labute approximate surface area is 125 Å². The molecule has 0 atom stereocenters. The second-order valence-electron chi connectivity index (χ2n) is 5.70. The third-order valence-electron chi connectivity index (χ3n) is 4.12. The second kappa shape index (κ2) is 6.31. The van der Waals surface area contributed by atoms with Crippen molar-refractivity contribution in [2.24, 2.45) is 0 Å². The third kappa shape index (κ3) is 3.27. The fourth-order valence-corrected chi connectivity index (χ4v) is 2.88. The maximum absolute atomic E-state index is 12.2. The van der Waals surface area contributed by atoms with E-state index in [4.69, 9.17) is 4.42 Å². The first-order valence-electron chi connectivity index (χ1n) is 7.79. The van der Waals surface area contributed by atoms with Gasteiger partial charge in [-0.2, -0.15) is 0 Å². The Balaban J connectivity index is 1.68. The average Bonchev–Trinajstić information content (AvgIpc) is 2.90. The van der Waals surface area contributed by atoms with Crippen LogP contribution in [-0.4, -0.2) is 24.0 Å². The van der Waals surface area contributed by atoms with Gasteiger partial charge in [0.15, 0.2) is 0 Å². The molecule has 1 amide bonds. The molecule has 0 bridgehead atoms. The van der Waals surface area contributed by atoms with Crippen LogP contribution < -0.4 is 5.43 Å². The first-order chi connectivity index (χ1) is 10.3. The number of furan rings is 1. The molecule has 0 aliphatic carbocycles. The van der Waals surface area contributed by atoms with Crippen LogP contribution in [0.5, 0.6) is 0 Å². The molecule has 4 nitrogen and oxygen atoms in total. The summed E-state index contributed by atoms with van der Waals surface area (Å²) in [5.74, 6) is 0.0409. The summed E-state index contributed by atoms with van der Waals surface area (Å²) in [7, 11) is 0. The molecule has 1 aromatic carbocycles. The number of nitrogens with zero attached hydrogens (tertiary/aromatic N) is 1. The van der Waals surface area contributed by atoms with Crippen molar-refractivity contribution in [3.63, 3.8) is 0 Å². The highest BCUT2D eigenvalue weighted by Crippen LogP contribution is 2.23.